The van der Waals surface area contributed by atoms with E-state index in [2.05, 4.69) is 27.8 Å². The van der Waals surface area contributed by atoms with Crippen molar-refractivity contribution in [3.05, 3.63) is 46.4 Å². The number of benzene rings is 1. The van der Waals surface area contributed by atoms with Crippen LogP contribution in [0.1, 0.15) is 23.6 Å². The molecule has 0 spiro atoms. The number of hydrogen-bond acceptors (Lipinski definition) is 4. The number of aromatic nitrogens is 1. The van der Waals surface area contributed by atoms with Gasteiger partial charge >= 0.3 is 0 Å². The van der Waals surface area contributed by atoms with Crippen LogP contribution in [0.15, 0.2) is 35.2 Å². The predicted octanol–water partition coefficient (Wildman–Crippen LogP) is 2.36. The number of nitrogens with one attached hydrogen (secondary N) is 2. The maximum absolute atomic E-state index is 11.9. The Bertz CT molecular complexity index is 568. The Labute approximate surface area is 115 Å². The van der Waals surface area contributed by atoms with E-state index in [9.17, 15) is 4.79 Å². The van der Waals surface area contributed by atoms with Gasteiger partial charge < -0.3 is 10.6 Å². The van der Waals surface area contributed by atoms with Gasteiger partial charge in [-0.05, 0) is 11.6 Å². The highest BCUT2D eigenvalue weighted by Gasteiger charge is 2.23. The van der Waals surface area contributed by atoms with Crippen molar-refractivity contribution < 1.29 is 4.79 Å². The molecule has 4 nitrogen and oxygen atoms in total. The summed E-state index contributed by atoms with van der Waals surface area (Å²) in [5.74, 6) is 0.350. The summed E-state index contributed by atoms with van der Waals surface area (Å²) in [5, 5.41) is 8.21. The van der Waals surface area contributed by atoms with E-state index in [-0.39, 0.29) is 11.8 Å². The lowest BCUT2D eigenvalue weighted by molar-refractivity contribution is -0.121. The van der Waals surface area contributed by atoms with Crippen LogP contribution >= 0.6 is 11.3 Å². The Hall–Kier alpha value is -1.88. The molecule has 0 saturated heterocycles. The monoisotopic (exact) mass is 273 g/mol. The Balaban J connectivity index is 1.56. The van der Waals surface area contributed by atoms with Crippen LogP contribution in [0, 0.1) is 0 Å². The van der Waals surface area contributed by atoms with E-state index in [1.807, 2.05) is 17.5 Å². The largest absolute Gasteiger partial charge is 0.384 e. The first-order valence-electron chi connectivity index (χ1n) is 6.29. The minimum Gasteiger partial charge on any atom is -0.384 e. The highest BCUT2D eigenvalue weighted by Crippen LogP contribution is 2.32. The van der Waals surface area contributed by atoms with Gasteiger partial charge in [-0.15, -0.1) is 11.3 Å². The molecule has 2 aromatic rings. The number of thiazole rings is 1. The molecule has 19 heavy (non-hydrogen) atoms. The smallest absolute Gasteiger partial charge is 0.221 e. The van der Waals surface area contributed by atoms with E-state index >= 15 is 0 Å². The summed E-state index contributed by atoms with van der Waals surface area (Å²) in [5.41, 5.74) is 5.09. The van der Waals surface area contributed by atoms with Crippen LogP contribution in [0.5, 0.6) is 0 Å². The summed E-state index contributed by atoms with van der Waals surface area (Å²) in [4.78, 5) is 16.1. The molecule has 1 aromatic carbocycles. The minimum absolute atomic E-state index is 0.0801. The topological polar surface area (TPSA) is 54.0 Å². The normalized spacial score (nSPS) is 16.7. The van der Waals surface area contributed by atoms with Crippen molar-refractivity contribution in [3.63, 3.8) is 0 Å². The molecule has 2 heterocycles. The number of hydrogen-bond donors (Lipinski definition) is 2. The average Bonchev–Trinajstić information content (AvgIpc) is 3.07. The summed E-state index contributed by atoms with van der Waals surface area (Å²) in [6, 6.07) is 8.18. The van der Waals surface area contributed by atoms with Crippen LogP contribution in [0.2, 0.25) is 0 Å². The predicted molar refractivity (Wildman–Crippen MR) is 76.3 cm³/mol. The van der Waals surface area contributed by atoms with Crippen molar-refractivity contribution in [3.8, 4) is 0 Å². The average molecular weight is 273 g/mol. The zero-order chi connectivity index (χ0) is 13.1. The van der Waals surface area contributed by atoms with Gasteiger partial charge in [0.05, 0.1) is 17.7 Å². The number of rotatable bonds is 4. The van der Waals surface area contributed by atoms with Crippen LogP contribution in [0.4, 0.5) is 5.69 Å². The molecule has 0 saturated carbocycles. The summed E-state index contributed by atoms with van der Waals surface area (Å²) < 4.78 is 0. The fourth-order valence-electron chi connectivity index (χ4n) is 2.35. The van der Waals surface area contributed by atoms with Crippen molar-refractivity contribution in [2.45, 2.75) is 18.9 Å². The SMILES string of the molecule is O=C(CC1CNc2ccccc21)NCc1cscn1. The van der Waals surface area contributed by atoms with Gasteiger partial charge in [0.2, 0.25) is 5.91 Å². The maximum atomic E-state index is 11.9. The molecule has 0 fully saturated rings. The van der Waals surface area contributed by atoms with Crippen LogP contribution in [-0.4, -0.2) is 17.4 Å². The molecule has 1 atom stereocenters. The van der Waals surface area contributed by atoms with Crippen molar-refractivity contribution in [1.29, 1.82) is 0 Å². The highest BCUT2D eigenvalue weighted by atomic mass is 32.1. The van der Waals surface area contributed by atoms with Gasteiger partial charge in [-0.3, -0.25) is 4.79 Å². The lowest BCUT2D eigenvalue weighted by atomic mass is 9.97. The number of fused-ring (bicyclic) bond motifs is 1. The Morgan fingerprint density at radius 1 is 1.47 bits per heavy atom. The van der Waals surface area contributed by atoms with Gasteiger partial charge in [0.25, 0.3) is 0 Å². The minimum atomic E-state index is 0.0801. The first kappa shape index (κ1) is 12.2. The third-order valence-corrected chi connectivity index (χ3v) is 3.96. The molecule has 0 radical (unpaired) electrons. The third kappa shape index (κ3) is 2.76. The zero-order valence-corrected chi connectivity index (χ0v) is 11.2. The van der Waals surface area contributed by atoms with E-state index < -0.39 is 0 Å². The van der Waals surface area contributed by atoms with E-state index in [4.69, 9.17) is 0 Å². The molecule has 1 aliphatic heterocycles. The fourth-order valence-corrected chi connectivity index (χ4v) is 2.91. The summed E-state index contributed by atoms with van der Waals surface area (Å²) >= 11 is 1.54. The molecule has 2 N–H and O–H groups in total. The highest BCUT2D eigenvalue weighted by molar-refractivity contribution is 7.07. The number of carbonyl (C=O) groups excluding carboxylic acids is 1. The molecule has 5 heteroatoms. The molecular formula is C14H15N3OS. The molecule has 1 amide bonds. The van der Waals surface area contributed by atoms with Crippen LogP contribution < -0.4 is 10.6 Å². The standard InChI is InChI=1S/C14H15N3OS/c18-14(16-7-11-8-19-9-17-11)5-10-6-15-13-4-2-1-3-12(10)13/h1-4,8-10,15H,5-7H2,(H,16,18). The molecular weight excluding hydrogens is 258 g/mol. The lowest BCUT2D eigenvalue weighted by Crippen LogP contribution is -2.25. The van der Waals surface area contributed by atoms with Gasteiger partial charge in [0.1, 0.15) is 0 Å². The molecule has 1 unspecified atom stereocenters. The van der Waals surface area contributed by atoms with Gasteiger partial charge in [-0.2, -0.15) is 0 Å². The second-order valence-corrected chi connectivity index (χ2v) is 5.34. The summed E-state index contributed by atoms with van der Waals surface area (Å²) in [6.07, 6.45) is 0.522. The quantitative estimate of drug-likeness (QED) is 0.899. The van der Waals surface area contributed by atoms with Crippen LogP contribution in [-0.2, 0) is 11.3 Å². The number of amides is 1. The Morgan fingerprint density at radius 2 is 2.37 bits per heavy atom. The maximum Gasteiger partial charge on any atom is 0.221 e. The van der Waals surface area contributed by atoms with Gasteiger partial charge in [-0.1, -0.05) is 18.2 Å². The van der Waals surface area contributed by atoms with E-state index in [1.165, 1.54) is 5.56 Å². The van der Waals surface area contributed by atoms with Crippen molar-refractivity contribution >= 4 is 22.9 Å². The number of carbonyl (C=O) groups is 1. The van der Waals surface area contributed by atoms with E-state index in [0.29, 0.717) is 13.0 Å². The number of para-hydroxylation sites is 1. The van der Waals surface area contributed by atoms with Crippen molar-refractivity contribution in [2.24, 2.45) is 0 Å². The molecule has 98 valence electrons. The zero-order valence-electron chi connectivity index (χ0n) is 10.4. The van der Waals surface area contributed by atoms with Gasteiger partial charge in [0, 0.05) is 30.0 Å². The molecule has 1 aliphatic rings. The molecule has 3 rings (SSSR count). The summed E-state index contributed by atoms with van der Waals surface area (Å²) in [6.45, 7) is 1.35. The Kier molecular flexibility index (Phi) is 3.46. The number of anilines is 1. The van der Waals surface area contributed by atoms with Crippen molar-refractivity contribution in [2.75, 3.05) is 11.9 Å². The van der Waals surface area contributed by atoms with Crippen LogP contribution in [0.25, 0.3) is 0 Å². The van der Waals surface area contributed by atoms with Gasteiger partial charge in [-0.25, -0.2) is 4.98 Å². The second kappa shape index (κ2) is 5.40. The molecule has 1 aromatic heterocycles. The fraction of sp³-hybridized carbons (Fsp3) is 0.286. The molecule has 0 bridgehead atoms. The van der Waals surface area contributed by atoms with Crippen LogP contribution in [0.3, 0.4) is 0 Å². The second-order valence-electron chi connectivity index (χ2n) is 4.63. The van der Waals surface area contributed by atoms with Crippen molar-refractivity contribution in [1.82, 2.24) is 10.3 Å². The van der Waals surface area contributed by atoms with E-state index in [1.54, 1.807) is 16.8 Å². The first-order chi connectivity index (χ1) is 9.33. The first-order valence-corrected chi connectivity index (χ1v) is 7.24. The lowest BCUT2D eigenvalue weighted by Gasteiger charge is -2.10. The van der Waals surface area contributed by atoms with E-state index in [0.717, 1.165) is 17.9 Å². The number of nitrogens with zero attached hydrogens (tertiary/aromatic N) is 1. The third-order valence-electron chi connectivity index (χ3n) is 3.32. The summed E-state index contributed by atoms with van der Waals surface area (Å²) in [7, 11) is 0. The van der Waals surface area contributed by atoms with Gasteiger partial charge in [0.15, 0.2) is 0 Å². The Morgan fingerprint density at radius 3 is 3.21 bits per heavy atom. The molecule has 0 aliphatic carbocycles.